The summed E-state index contributed by atoms with van der Waals surface area (Å²) in [6.07, 6.45) is 6.49. The standard InChI is InChI=1S/C19H23N5O2/c1-2-10-26-18-8-4-3-7-15(18)16-11-17(23-22-16)19(25)24-21-13-14-6-5-9-20-12-14/h3-9,12-13,16-17,22-23H,2,10-11H2,1H3,(H,24,25)/b21-13-. The molecule has 1 aromatic heterocycles. The Hall–Kier alpha value is -2.77. The third-order valence-corrected chi connectivity index (χ3v) is 4.05. The van der Waals surface area contributed by atoms with E-state index >= 15 is 0 Å². The minimum atomic E-state index is -0.370. The molecule has 0 saturated carbocycles. The van der Waals surface area contributed by atoms with E-state index in [9.17, 15) is 4.79 Å². The molecule has 0 radical (unpaired) electrons. The Labute approximate surface area is 152 Å². The molecule has 2 atom stereocenters. The minimum Gasteiger partial charge on any atom is -0.493 e. The average Bonchev–Trinajstić information content (AvgIpc) is 3.17. The van der Waals surface area contributed by atoms with E-state index in [0.717, 1.165) is 23.3 Å². The largest absolute Gasteiger partial charge is 0.493 e. The number of hydrazine groups is 1. The molecule has 1 aliphatic rings. The summed E-state index contributed by atoms with van der Waals surface area (Å²) >= 11 is 0. The summed E-state index contributed by atoms with van der Waals surface area (Å²) in [6.45, 7) is 2.74. The lowest BCUT2D eigenvalue weighted by Crippen LogP contribution is -2.41. The number of rotatable bonds is 7. The van der Waals surface area contributed by atoms with Gasteiger partial charge in [0, 0.05) is 23.5 Å². The van der Waals surface area contributed by atoms with Crippen LogP contribution in [-0.4, -0.2) is 29.8 Å². The number of amides is 1. The van der Waals surface area contributed by atoms with Crippen molar-refractivity contribution in [2.45, 2.75) is 31.8 Å². The number of pyridine rings is 1. The monoisotopic (exact) mass is 353 g/mol. The fourth-order valence-electron chi connectivity index (χ4n) is 2.74. The molecular formula is C19H23N5O2. The van der Waals surface area contributed by atoms with Gasteiger partial charge in [0.2, 0.25) is 0 Å². The van der Waals surface area contributed by atoms with Crippen molar-refractivity contribution in [3.63, 3.8) is 0 Å². The zero-order valence-electron chi connectivity index (χ0n) is 14.7. The van der Waals surface area contributed by atoms with Gasteiger partial charge in [0.05, 0.1) is 18.9 Å². The van der Waals surface area contributed by atoms with Gasteiger partial charge in [-0.3, -0.25) is 9.78 Å². The molecule has 1 saturated heterocycles. The number of carbonyl (C=O) groups is 1. The first kappa shape index (κ1) is 18.0. The summed E-state index contributed by atoms with van der Waals surface area (Å²) in [6, 6.07) is 11.2. The molecule has 1 aromatic carbocycles. The predicted molar refractivity (Wildman–Crippen MR) is 99.6 cm³/mol. The minimum absolute atomic E-state index is 0.00103. The molecule has 3 rings (SSSR count). The van der Waals surface area contributed by atoms with Crippen molar-refractivity contribution in [3.05, 3.63) is 59.9 Å². The van der Waals surface area contributed by atoms with E-state index in [2.05, 4.69) is 33.3 Å². The second-order valence-corrected chi connectivity index (χ2v) is 6.04. The van der Waals surface area contributed by atoms with Gasteiger partial charge in [-0.1, -0.05) is 31.2 Å². The van der Waals surface area contributed by atoms with Crippen LogP contribution in [0.2, 0.25) is 0 Å². The van der Waals surface area contributed by atoms with Gasteiger partial charge < -0.3 is 4.74 Å². The van der Waals surface area contributed by atoms with Crippen molar-refractivity contribution in [2.75, 3.05) is 6.61 Å². The van der Waals surface area contributed by atoms with E-state index in [0.29, 0.717) is 13.0 Å². The molecule has 2 aromatic rings. The molecule has 7 heteroatoms. The van der Waals surface area contributed by atoms with E-state index in [4.69, 9.17) is 4.74 Å². The second-order valence-electron chi connectivity index (χ2n) is 6.04. The van der Waals surface area contributed by atoms with Crippen LogP contribution < -0.4 is 21.0 Å². The van der Waals surface area contributed by atoms with Crippen LogP contribution in [0.4, 0.5) is 0 Å². The summed E-state index contributed by atoms with van der Waals surface area (Å²) in [5.41, 5.74) is 10.6. The molecule has 0 bridgehead atoms. The number of nitrogens with zero attached hydrogens (tertiary/aromatic N) is 2. The second kappa shape index (κ2) is 9.07. The number of carbonyl (C=O) groups excluding carboxylic acids is 1. The Balaban J connectivity index is 1.57. The first-order valence-corrected chi connectivity index (χ1v) is 8.73. The van der Waals surface area contributed by atoms with Crippen LogP contribution in [-0.2, 0) is 4.79 Å². The highest BCUT2D eigenvalue weighted by Gasteiger charge is 2.31. The maximum absolute atomic E-state index is 12.3. The summed E-state index contributed by atoms with van der Waals surface area (Å²) in [7, 11) is 0. The number of aromatic nitrogens is 1. The Kier molecular flexibility index (Phi) is 6.29. The first-order chi connectivity index (χ1) is 12.8. The summed E-state index contributed by atoms with van der Waals surface area (Å²) in [5.74, 6) is 0.663. The number of hydrogen-bond acceptors (Lipinski definition) is 6. The summed E-state index contributed by atoms with van der Waals surface area (Å²) in [5, 5.41) is 3.98. The first-order valence-electron chi connectivity index (χ1n) is 8.73. The molecule has 0 aliphatic carbocycles. The van der Waals surface area contributed by atoms with Gasteiger partial charge in [-0.15, -0.1) is 0 Å². The highest BCUT2D eigenvalue weighted by Crippen LogP contribution is 2.30. The summed E-state index contributed by atoms with van der Waals surface area (Å²) in [4.78, 5) is 16.3. The SMILES string of the molecule is CCCOc1ccccc1C1CC(C(=O)N/N=C\c2cccnc2)NN1. The molecule has 26 heavy (non-hydrogen) atoms. The molecule has 1 amide bonds. The van der Waals surface area contributed by atoms with Crippen LogP contribution in [0.1, 0.15) is 36.9 Å². The quantitative estimate of drug-likeness (QED) is 0.523. The zero-order chi connectivity index (χ0) is 18.2. The maximum atomic E-state index is 12.3. The Bertz CT molecular complexity index is 751. The molecule has 2 unspecified atom stereocenters. The van der Waals surface area contributed by atoms with E-state index < -0.39 is 0 Å². The zero-order valence-corrected chi connectivity index (χ0v) is 14.7. The van der Waals surface area contributed by atoms with E-state index in [-0.39, 0.29) is 18.0 Å². The van der Waals surface area contributed by atoms with Crippen LogP contribution in [0.3, 0.4) is 0 Å². The van der Waals surface area contributed by atoms with Gasteiger partial charge in [0.15, 0.2) is 0 Å². The fourth-order valence-corrected chi connectivity index (χ4v) is 2.74. The van der Waals surface area contributed by atoms with Gasteiger partial charge in [0.1, 0.15) is 11.8 Å². The molecule has 2 heterocycles. The highest BCUT2D eigenvalue weighted by molar-refractivity contribution is 5.84. The molecule has 1 fully saturated rings. The molecule has 7 nitrogen and oxygen atoms in total. The van der Waals surface area contributed by atoms with Crippen LogP contribution >= 0.6 is 0 Å². The average molecular weight is 353 g/mol. The topological polar surface area (TPSA) is 87.6 Å². The number of benzene rings is 1. The van der Waals surface area contributed by atoms with E-state index in [1.165, 1.54) is 0 Å². The molecular weight excluding hydrogens is 330 g/mol. The van der Waals surface area contributed by atoms with Crippen LogP contribution in [0.25, 0.3) is 0 Å². The number of hydrazone groups is 1. The Morgan fingerprint density at radius 2 is 2.23 bits per heavy atom. The number of ether oxygens (including phenoxy) is 1. The molecule has 136 valence electrons. The van der Waals surface area contributed by atoms with Gasteiger partial charge in [-0.2, -0.15) is 5.10 Å². The lowest BCUT2D eigenvalue weighted by atomic mass is 10.0. The van der Waals surface area contributed by atoms with Crippen molar-refractivity contribution in [1.29, 1.82) is 0 Å². The fraction of sp³-hybridized carbons (Fsp3) is 0.316. The van der Waals surface area contributed by atoms with Gasteiger partial charge in [-0.05, 0) is 25.0 Å². The van der Waals surface area contributed by atoms with Gasteiger partial charge >= 0.3 is 0 Å². The normalized spacial score (nSPS) is 19.6. The van der Waals surface area contributed by atoms with E-state index in [1.54, 1.807) is 18.6 Å². The van der Waals surface area contributed by atoms with E-state index in [1.807, 2.05) is 36.4 Å². The Morgan fingerprint density at radius 1 is 1.35 bits per heavy atom. The maximum Gasteiger partial charge on any atom is 0.258 e. The number of nitrogens with one attached hydrogen (secondary N) is 3. The highest BCUT2D eigenvalue weighted by atomic mass is 16.5. The number of hydrogen-bond donors (Lipinski definition) is 3. The molecule has 3 N–H and O–H groups in total. The van der Waals surface area contributed by atoms with Crippen molar-refractivity contribution >= 4 is 12.1 Å². The smallest absolute Gasteiger partial charge is 0.258 e. The summed E-state index contributed by atoms with van der Waals surface area (Å²) < 4.78 is 5.81. The van der Waals surface area contributed by atoms with Crippen LogP contribution in [0, 0.1) is 0 Å². The third kappa shape index (κ3) is 4.65. The molecule has 1 aliphatic heterocycles. The number of para-hydroxylation sites is 1. The third-order valence-electron chi connectivity index (χ3n) is 4.05. The molecule has 0 spiro atoms. The van der Waals surface area contributed by atoms with Crippen molar-refractivity contribution < 1.29 is 9.53 Å². The van der Waals surface area contributed by atoms with Crippen molar-refractivity contribution in [3.8, 4) is 5.75 Å². The Morgan fingerprint density at radius 3 is 3.04 bits per heavy atom. The van der Waals surface area contributed by atoms with Crippen molar-refractivity contribution in [1.82, 2.24) is 21.3 Å². The van der Waals surface area contributed by atoms with Crippen LogP contribution in [0.5, 0.6) is 5.75 Å². The van der Waals surface area contributed by atoms with Gasteiger partial charge in [0.25, 0.3) is 5.91 Å². The van der Waals surface area contributed by atoms with Crippen molar-refractivity contribution in [2.24, 2.45) is 5.10 Å². The lowest BCUT2D eigenvalue weighted by Gasteiger charge is -2.15. The lowest BCUT2D eigenvalue weighted by molar-refractivity contribution is -0.122. The predicted octanol–water partition coefficient (Wildman–Crippen LogP) is 1.93. The van der Waals surface area contributed by atoms with Crippen LogP contribution in [0.15, 0.2) is 53.9 Å². The van der Waals surface area contributed by atoms with Gasteiger partial charge in [-0.25, -0.2) is 16.3 Å².